The largest absolute Gasteiger partial charge is 0.494 e. The van der Waals surface area contributed by atoms with Gasteiger partial charge < -0.3 is 10.1 Å². The molecule has 2 nitrogen and oxygen atoms in total. The number of hydrogen-bond acceptors (Lipinski definition) is 2. The lowest BCUT2D eigenvalue weighted by Crippen LogP contribution is -2.06. The van der Waals surface area contributed by atoms with Gasteiger partial charge in [-0.25, -0.2) is 0 Å². The van der Waals surface area contributed by atoms with Crippen LogP contribution in [-0.4, -0.2) is 13.2 Å². The summed E-state index contributed by atoms with van der Waals surface area (Å²) in [6, 6.07) is 16.8. The Morgan fingerprint density at radius 3 is 2.41 bits per heavy atom. The summed E-state index contributed by atoms with van der Waals surface area (Å²) in [6.45, 7) is 8.32. The molecule has 0 radical (unpaired) electrons. The Labute approximate surface area is 134 Å². The van der Waals surface area contributed by atoms with Crippen molar-refractivity contribution in [1.29, 1.82) is 0 Å². The summed E-state index contributed by atoms with van der Waals surface area (Å²) < 4.78 is 5.73. The molecule has 0 aromatic heterocycles. The van der Waals surface area contributed by atoms with E-state index in [4.69, 9.17) is 4.74 Å². The van der Waals surface area contributed by atoms with E-state index in [0.717, 1.165) is 37.4 Å². The number of aryl methyl sites for hydroxylation is 1. The van der Waals surface area contributed by atoms with Crippen LogP contribution in [0.25, 0.3) is 0 Å². The summed E-state index contributed by atoms with van der Waals surface area (Å²) >= 11 is 0. The number of anilines is 1. The van der Waals surface area contributed by atoms with Crippen LogP contribution >= 0.6 is 0 Å². The summed E-state index contributed by atoms with van der Waals surface area (Å²) in [7, 11) is 0. The molecule has 0 aliphatic heterocycles. The van der Waals surface area contributed by atoms with E-state index in [1.54, 1.807) is 0 Å². The van der Waals surface area contributed by atoms with Crippen molar-refractivity contribution in [3.63, 3.8) is 0 Å². The molecule has 0 amide bonds. The number of benzene rings is 2. The molecule has 0 aliphatic carbocycles. The van der Waals surface area contributed by atoms with Crippen LogP contribution in [0.4, 0.5) is 5.69 Å². The molecule has 2 rings (SSSR count). The third-order valence-electron chi connectivity index (χ3n) is 3.80. The molecule has 2 heteroatoms. The fourth-order valence-electron chi connectivity index (χ4n) is 2.31. The predicted octanol–water partition coefficient (Wildman–Crippen LogP) is 5.07. The second-order valence-electron chi connectivity index (χ2n) is 6.16. The van der Waals surface area contributed by atoms with Gasteiger partial charge in [0.2, 0.25) is 0 Å². The fraction of sp³-hybridized carbons (Fsp3) is 0.400. The van der Waals surface area contributed by atoms with Gasteiger partial charge in [0.1, 0.15) is 5.75 Å². The van der Waals surface area contributed by atoms with Crippen LogP contribution in [0.1, 0.15) is 31.4 Å². The predicted molar refractivity (Wildman–Crippen MR) is 94.8 cm³/mol. The molecule has 0 heterocycles. The van der Waals surface area contributed by atoms with Gasteiger partial charge in [-0.05, 0) is 61.1 Å². The van der Waals surface area contributed by atoms with Gasteiger partial charge in [0, 0.05) is 12.2 Å². The lowest BCUT2D eigenvalue weighted by Gasteiger charge is -2.10. The molecule has 2 aromatic carbocycles. The molecule has 118 valence electrons. The molecule has 0 saturated carbocycles. The van der Waals surface area contributed by atoms with Gasteiger partial charge in [0.25, 0.3) is 0 Å². The zero-order chi connectivity index (χ0) is 15.8. The van der Waals surface area contributed by atoms with Crippen LogP contribution in [0.2, 0.25) is 0 Å². The van der Waals surface area contributed by atoms with Crippen LogP contribution in [-0.2, 0) is 6.42 Å². The molecule has 2 aromatic rings. The first-order valence-electron chi connectivity index (χ1n) is 8.16. The van der Waals surface area contributed by atoms with Crippen LogP contribution < -0.4 is 10.1 Å². The van der Waals surface area contributed by atoms with Crippen molar-refractivity contribution in [1.82, 2.24) is 0 Å². The van der Waals surface area contributed by atoms with Crippen LogP contribution in [0.5, 0.6) is 5.75 Å². The summed E-state index contributed by atoms with van der Waals surface area (Å²) in [4.78, 5) is 0. The molecule has 0 saturated heterocycles. The van der Waals surface area contributed by atoms with E-state index >= 15 is 0 Å². The van der Waals surface area contributed by atoms with E-state index in [9.17, 15) is 0 Å². The van der Waals surface area contributed by atoms with Gasteiger partial charge in [0.05, 0.1) is 6.61 Å². The van der Waals surface area contributed by atoms with Crippen molar-refractivity contribution in [2.75, 3.05) is 18.5 Å². The van der Waals surface area contributed by atoms with Crippen molar-refractivity contribution in [3.05, 3.63) is 59.7 Å². The van der Waals surface area contributed by atoms with Gasteiger partial charge in [0.15, 0.2) is 0 Å². The lowest BCUT2D eigenvalue weighted by molar-refractivity contribution is 0.289. The van der Waals surface area contributed by atoms with Crippen molar-refractivity contribution in [2.24, 2.45) is 5.92 Å². The van der Waals surface area contributed by atoms with E-state index in [0.29, 0.717) is 5.92 Å². The van der Waals surface area contributed by atoms with Gasteiger partial charge in [-0.15, -0.1) is 0 Å². The van der Waals surface area contributed by atoms with Gasteiger partial charge in [-0.3, -0.25) is 0 Å². The molecule has 0 atom stereocenters. The molecule has 0 bridgehead atoms. The zero-order valence-corrected chi connectivity index (χ0v) is 13.9. The second kappa shape index (κ2) is 8.47. The Hall–Kier alpha value is -1.96. The third-order valence-corrected chi connectivity index (χ3v) is 3.80. The number of ether oxygens (including phenoxy) is 1. The number of rotatable bonds is 8. The topological polar surface area (TPSA) is 21.3 Å². The normalized spacial score (nSPS) is 10.7. The highest BCUT2D eigenvalue weighted by Gasteiger charge is 1.99. The van der Waals surface area contributed by atoms with E-state index in [-0.39, 0.29) is 0 Å². The molecule has 22 heavy (non-hydrogen) atoms. The summed E-state index contributed by atoms with van der Waals surface area (Å²) in [5.74, 6) is 1.63. The lowest BCUT2D eigenvalue weighted by atomic mass is 10.1. The highest BCUT2D eigenvalue weighted by atomic mass is 16.5. The second-order valence-corrected chi connectivity index (χ2v) is 6.16. The average molecular weight is 297 g/mol. The van der Waals surface area contributed by atoms with Crippen molar-refractivity contribution >= 4 is 5.69 Å². The minimum absolute atomic E-state index is 0.683. The SMILES string of the molecule is Cc1ccccc1CCNc1ccc(OCCC(C)C)cc1. The molecular formula is C20H27NO. The molecular weight excluding hydrogens is 270 g/mol. The zero-order valence-electron chi connectivity index (χ0n) is 13.9. The van der Waals surface area contributed by atoms with Crippen molar-refractivity contribution in [3.8, 4) is 5.75 Å². The monoisotopic (exact) mass is 297 g/mol. The van der Waals surface area contributed by atoms with Gasteiger partial charge in [-0.2, -0.15) is 0 Å². The first-order valence-corrected chi connectivity index (χ1v) is 8.16. The fourth-order valence-corrected chi connectivity index (χ4v) is 2.31. The maximum Gasteiger partial charge on any atom is 0.119 e. The summed E-state index contributed by atoms with van der Waals surface area (Å²) in [5.41, 5.74) is 3.91. The minimum atomic E-state index is 0.683. The summed E-state index contributed by atoms with van der Waals surface area (Å²) in [6.07, 6.45) is 2.13. The highest BCUT2D eigenvalue weighted by Crippen LogP contribution is 2.17. The van der Waals surface area contributed by atoms with Crippen LogP contribution in [0.15, 0.2) is 48.5 Å². The van der Waals surface area contributed by atoms with Crippen molar-refractivity contribution in [2.45, 2.75) is 33.6 Å². The first-order chi connectivity index (χ1) is 10.6. The Balaban J connectivity index is 1.75. The maximum atomic E-state index is 5.73. The quantitative estimate of drug-likeness (QED) is 0.734. The maximum absolute atomic E-state index is 5.73. The van der Waals surface area contributed by atoms with E-state index in [1.165, 1.54) is 11.1 Å². The Kier molecular flexibility index (Phi) is 6.32. The third kappa shape index (κ3) is 5.44. The van der Waals surface area contributed by atoms with Gasteiger partial charge in [-0.1, -0.05) is 38.1 Å². The smallest absolute Gasteiger partial charge is 0.119 e. The summed E-state index contributed by atoms with van der Waals surface area (Å²) in [5, 5.41) is 3.47. The number of nitrogens with one attached hydrogen (secondary N) is 1. The highest BCUT2D eigenvalue weighted by molar-refractivity contribution is 5.46. The minimum Gasteiger partial charge on any atom is -0.494 e. The van der Waals surface area contributed by atoms with Gasteiger partial charge >= 0.3 is 0 Å². The Morgan fingerprint density at radius 1 is 1.00 bits per heavy atom. The first kappa shape index (κ1) is 16.4. The molecule has 1 N–H and O–H groups in total. The molecule has 0 spiro atoms. The average Bonchev–Trinajstić information content (AvgIpc) is 2.50. The van der Waals surface area contributed by atoms with Crippen LogP contribution in [0, 0.1) is 12.8 Å². The van der Waals surface area contributed by atoms with Crippen LogP contribution in [0.3, 0.4) is 0 Å². The molecule has 0 fully saturated rings. The van der Waals surface area contributed by atoms with Crippen molar-refractivity contribution < 1.29 is 4.74 Å². The van der Waals surface area contributed by atoms with E-state index in [1.807, 2.05) is 12.1 Å². The van der Waals surface area contributed by atoms with E-state index < -0.39 is 0 Å². The Bertz CT molecular complexity index is 560. The standard InChI is InChI=1S/C20H27NO/c1-16(2)13-15-22-20-10-8-19(9-11-20)21-14-12-18-7-5-4-6-17(18)3/h4-11,16,21H,12-15H2,1-3H3. The molecule has 0 aliphatic rings. The number of hydrogen-bond donors (Lipinski definition) is 1. The Morgan fingerprint density at radius 2 is 1.73 bits per heavy atom. The molecule has 0 unspecified atom stereocenters. The van der Waals surface area contributed by atoms with E-state index in [2.05, 4.69) is 62.5 Å².